The third-order valence-electron chi connectivity index (χ3n) is 2.32. The maximum Gasteiger partial charge on any atom is 0.422 e. The number of rotatable bonds is 4. The minimum atomic E-state index is -4.46. The number of para-hydroxylation sites is 2. The Balaban J connectivity index is 2.11. The summed E-state index contributed by atoms with van der Waals surface area (Å²) in [6.07, 6.45) is -0.477. The molecule has 0 aliphatic rings. The highest BCUT2D eigenvalue weighted by molar-refractivity contribution is 6.03. The summed E-state index contributed by atoms with van der Waals surface area (Å²) in [5.74, 6) is -0.668. The van der Waals surface area contributed by atoms with Crippen LogP contribution < -0.4 is 10.1 Å². The minimum Gasteiger partial charge on any atom is -0.482 e. The van der Waals surface area contributed by atoms with Gasteiger partial charge in [0.25, 0.3) is 5.91 Å². The molecule has 1 heterocycles. The van der Waals surface area contributed by atoms with Crippen molar-refractivity contribution in [2.75, 3.05) is 11.9 Å². The number of carbonyl (C=O) groups excluding carboxylic acids is 1. The predicted molar refractivity (Wildman–Crippen MR) is 68.0 cm³/mol. The number of nitrogens with zero attached hydrogens (tertiary/aromatic N) is 2. The van der Waals surface area contributed by atoms with Crippen LogP contribution in [0.25, 0.3) is 0 Å². The van der Waals surface area contributed by atoms with Crippen LogP contribution in [0.2, 0.25) is 0 Å². The van der Waals surface area contributed by atoms with E-state index < -0.39 is 18.7 Å². The Hall–Kier alpha value is -2.64. The predicted octanol–water partition coefficient (Wildman–Crippen LogP) is 2.67. The van der Waals surface area contributed by atoms with Gasteiger partial charge in [-0.3, -0.25) is 9.78 Å². The molecule has 0 bridgehead atoms. The van der Waals surface area contributed by atoms with Gasteiger partial charge >= 0.3 is 6.18 Å². The van der Waals surface area contributed by atoms with E-state index in [1.807, 2.05) is 0 Å². The SMILES string of the molecule is O=C(Nc1ccccc1OCC(F)(F)F)c1cnccn1. The molecule has 21 heavy (non-hydrogen) atoms. The van der Waals surface area contributed by atoms with E-state index in [0.29, 0.717) is 0 Å². The van der Waals surface area contributed by atoms with E-state index in [1.54, 1.807) is 6.07 Å². The van der Waals surface area contributed by atoms with Crippen molar-refractivity contribution >= 4 is 11.6 Å². The lowest BCUT2D eigenvalue weighted by molar-refractivity contribution is -0.153. The second kappa shape index (κ2) is 6.21. The Morgan fingerprint density at radius 1 is 1.24 bits per heavy atom. The quantitative estimate of drug-likeness (QED) is 0.942. The van der Waals surface area contributed by atoms with Crippen LogP contribution in [0.15, 0.2) is 42.9 Å². The summed E-state index contributed by atoms with van der Waals surface area (Å²) in [5.41, 5.74) is 0.167. The zero-order valence-electron chi connectivity index (χ0n) is 10.6. The van der Waals surface area contributed by atoms with Crippen LogP contribution >= 0.6 is 0 Å². The number of benzene rings is 1. The molecule has 2 aromatic rings. The highest BCUT2D eigenvalue weighted by atomic mass is 19.4. The first-order valence-electron chi connectivity index (χ1n) is 5.81. The van der Waals surface area contributed by atoms with Crippen molar-refractivity contribution in [3.8, 4) is 5.75 Å². The van der Waals surface area contributed by atoms with Crippen molar-refractivity contribution in [2.45, 2.75) is 6.18 Å². The number of amides is 1. The maximum atomic E-state index is 12.2. The normalized spacial score (nSPS) is 11.0. The smallest absolute Gasteiger partial charge is 0.422 e. The van der Waals surface area contributed by atoms with Crippen molar-refractivity contribution in [2.24, 2.45) is 0 Å². The molecule has 2 rings (SSSR count). The van der Waals surface area contributed by atoms with Crippen LogP contribution in [-0.2, 0) is 0 Å². The number of alkyl halides is 3. The third kappa shape index (κ3) is 4.44. The molecule has 0 spiro atoms. The molecule has 1 aromatic heterocycles. The molecule has 1 aromatic carbocycles. The van der Waals surface area contributed by atoms with Crippen LogP contribution in [0.3, 0.4) is 0 Å². The first-order chi connectivity index (χ1) is 9.96. The number of carbonyl (C=O) groups is 1. The molecule has 0 saturated carbocycles. The van der Waals surface area contributed by atoms with Gasteiger partial charge in [-0.25, -0.2) is 4.98 Å². The summed E-state index contributed by atoms with van der Waals surface area (Å²) in [6.45, 7) is -1.44. The summed E-state index contributed by atoms with van der Waals surface area (Å²) in [6, 6.07) is 5.83. The maximum absolute atomic E-state index is 12.2. The molecule has 0 aliphatic heterocycles. The van der Waals surface area contributed by atoms with Gasteiger partial charge in [0, 0.05) is 12.4 Å². The van der Waals surface area contributed by atoms with E-state index in [9.17, 15) is 18.0 Å². The van der Waals surface area contributed by atoms with Gasteiger partial charge in [-0.05, 0) is 12.1 Å². The molecule has 1 amide bonds. The Morgan fingerprint density at radius 2 is 2.00 bits per heavy atom. The van der Waals surface area contributed by atoms with E-state index >= 15 is 0 Å². The number of hydrogen-bond donors (Lipinski definition) is 1. The zero-order valence-corrected chi connectivity index (χ0v) is 10.6. The Bertz CT molecular complexity index is 618. The standard InChI is InChI=1S/C13H10F3N3O2/c14-13(15,16)8-21-11-4-2-1-3-9(11)19-12(20)10-7-17-5-6-18-10/h1-7H,8H2,(H,19,20). The van der Waals surface area contributed by atoms with Crippen molar-refractivity contribution in [1.82, 2.24) is 9.97 Å². The largest absolute Gasteiger partial charge is 0.482 e. The molecule has 0 fully saturated rings. The van der Waals surface area contributed by atoms with Crippen LogP contribution in [0.1, 0.15) is 10.5 Å². The van der Waals surface area contributed by atoms with Crippen LogP contribution in [0.5, 0.6) is 5.75 Å². The van der Waals surface area contributed by atoms with Crippen molar-refractivity contribution in [3.05, 3.63) is 48.5 Å². The molecule has 0 atom stereocenters. The molecule has 1 N–H and O–H groups in total. The fourth-order valence-electron chi connectivity index (χ4n) is 1.46. The Labute approximate surface area is 117 Å². The van der Waals surface area contributed by atoms with E-state index in [4.69, 9.17) is 0 Å². The van der Waals surface area contributed by atoms with Gasteiger partial charge in [0.1, 0.15) is 11.4 Å². The highest BCUT2D eigenvalue weighted by Crippen LogP contribution is 2.26. The van der Waals surface area contributed by atoms with E-state index in [-0.39, 0.29) is 17.1 Å². The average Bonchev–Trinajstić information content (AvgIpc) is 2.46. The highest BCUT2D eigenvalue weighted by Gasteiger charge is 2.28. The topological polar surface area (TPSA) is 64.1 Å². The lowest BCUT2D eigenvalue weighted by Gasteiger charge is -2.13. The Morgan fingerprint density at radius 3 is 2.67 bits per heavy atom. The Kier molecular flexibility index (Phi) is 4.36. The van der Waals surface area contributed by atoms with Gasteiger partial charge in [-0.15, -0.1) is 0 Å². The zero-order chi connectivity index (χ0) is 15.3. The molecular weight excluding hydrogens is 287 g/mol. The molecule has 5 nitrogen and oxygen atoms in total. The fraction of sp³-hybridized carbons (Fsp3) is 0.154. The molecule has 0 aliphatic carbocycles. The first kappa shape index (κ1) is 14.8. The molecule has 0 saturated heterocycles. The summed E-state index contributed by atoms with van der Waals surface area (Å²) in [7, 11) is 0. The van der Waals surface area contributed by atoms with Gasteiger partial charge in [0.15, 0.2) is 6.61 Å². The van der Waals surface area contributed by atoms with E-state index in [0.717, 1.165) is 0 Å². The van der Waals surface area contributed by atoms with E-state index in [2.05, 4.69) is 20.0 Å². The van der Waals surface area contributed by atoms with Crippen LogP contribution in [0, 0.1) is 0 Å². The van der Waals surface area contributed by atoms with E-state index in [1.165, 1.54) is 36.8 Å². The van der Waals surface area contributed by atoms with Gasteiger partial charge in [-0.1, -0.05) is 12.1 Å². The number of ether oxygens (including phenoxy) is 1. The molecule has 110 valence electrons. The molecular formula is C13H10F3N3O2. The van der Waals surface area contributed by atoms with Crippen molar-refractivity contribution in [3.63, 3.8) is 0 Å². The summed E-state index contributed by atoms with van der Waals surface area (Å²) >= 11 is 0. The summed E-state index contributed by atoms with van der Waals surface area (Å²) in [4.78, 5) is 19.4. The second-order valence-electron chi connectivity index (χ2n) is 3.94. The van der Waals surface area contributed by atoms with Gasteiger partial charge in [0.2, 0.25) is 0 Å². The van der Waals surface area contributed by atoms with Gasteiger partial charge in [0.05, 0.1) is 11.9 Å². The first-order valence-corrected chi connectivity index (χ1v) is 5.81. The number of nitrogens with one attached hydrogen (secondary N) is 1. The number of hydrogen-bond acceptors (Lipinski definition) is 4. The minimum absolute atomic E-state index is 0.0446. The van der Waals surface area contributed by atoms with Crippen LogP contribution in [-0.4, -0.2) is 28.7 Å². The van der Waals surface area contributed by atoms with Gasteiger partial charge in [-0.2, -0.15) is 13.2 Å². The van der Waals surface area contributed by atoms with Gasteiger partial charge < -0.3 is 10.1 Å². The lowest BCUT2D eigenvalue weighted by atomic mass is 10.3. The van der Waals surface area contributed by atoms with Crippen LogP contribution in [0.4, 0.5) is 18.9 Å². The molecule has 0 unspecified atom stereocenters. The van der Waals surface area contributed by atoms with Crippen molar-refractivity contribution in [1.29, 1.82) is 0 Å². The average molecular weight is 297 g/mol. The van der Waals surface area contributed by atoms with Crippen molar-refractivity contribution < 1.29 is 22.7 Å². The number of anilines is 1. The third-order valence-corrected chi connectivity index (χ3v) is 2.32. The monoisotopic (exact) mass is 297 g/mol. The number of halogens is 3. The summed E-state index contributed by atoms with van der Waals surface area (Å²) in [5, 5.41) is 2.43. The fourth-order valence-corrected chi connectivity index (χ4v) is 1.46. The number of aromatic nitrogens is 2. The molecule has 8 heteroatoms. The molecule has 0 radical (unpaired) electrons. The second-order valence-corrected chi connectivity index (χ2v) is 3.94. The summed E-state index contributed by atoms with van der Waals surface area (Å²) < 4.78 is 41.2. The lowest BCUT2D eigenvalue weighted by Crippen LogP contribution is -2.20.